The third-order valence-electron chi connectivity index (χ3n) is 1.76. The second-order valence-corrected chi connectivity index (χ2v) is 4.48. The van der Waals surface area contributed by atoms with Crippen molar-refractivity contribution in [3.63, 3.8) is 0 Å². The molecule has 0 amide bonds. The first-order valence-electron chi connectivity index (χ1n) is 4.62. The summed E-state index contributed by atoms with van der Waals surface area (Å²) in [5.41, 5.74) is 0.898. The number of hydrogen-bond donors (Lipinski definition) is 0. The number of thioether (sulfide) groups is 1. The zero-order valence-corrected chi connectivity index (χ0v) is 9.25. The number of carbonyl (C=O) groups is 1. The highest BCUT2D eigenvalue weighted by Gasteiger charge is 2.14. The van der Waals surface area contributed by atoms with E-state index < -0.39 is 0 Å². The predicted molar refractivity (Wildman–Crippen MR) is 58.2 cm³/mol. The summed E-state index contributed by atoms with van der Waals surface area (Å²) in [6.07, 6.45) is 2.18. The van der Waals surface area contributed by atoms with Crippen molar-refractivity contribution in [2.24, 2.45) is 0 Å². The molecule has 0 spiro atoms. The molecular weight excluding hydrogens is 196 g/mol. The lowest BCUT2D eigenvalue weighted by atomic mass is 10.2. The largest absolute Gasteiger partial charge is 0.300 e. The van der Waals surface area contributed by atoms with Gasteiger partial charge < -0.3 is 0 Å². The Balaban J connectivity index is 2.72. The Morgan fingerprint density at radius 2 is 2.43 bits per heavy atom. The summed E-state index contributed by atoms with van der Waals surface area (Å²) in [7, 11) is 0. The highest BCUT2D eigenvalue weighted by molar-refractivity contribution is 7.99. The topological polar surface area (TPSA) is 42.9 Å². The quantitative estimate of drug-likeness (QED) is 0.747. The highest BCUT2D eigenvalue weighted by Crippen LogP contribution is 2.30. The van der Waals surface area contributed by atoms with E-state index in [1.165, 1.54) is 0 Å². The van der Waals surface area contributed by atoms with Gasteiger partial charge in [0.15, 0.2) is 0 Å². The molecule has 76 valence electrons. The van der Waals surface area contributed by atoms with Crippen molar-refractivity contribution in [1.82, 2.24) is 10.2 Å². The van der Waals surface area contributed by atoms with Gasteiger partial charge in [-0.25, -0.2) is 0 Å². The molecule has 1 heterocycles. The van der Waals surface area contributed by atoms with Gasteiger partial charge in [-0.2, -0.15) is 22.0 Å². The van der Waals surface area contributed by atoms with E-state index >= 15 is 0 Å². The fraction of sp³-hybridized carbons (Fsp3) is 0.500. The Morgan fingerprint density at radius 1 is 1.64 bits per heavy atom. The molecule has 0 aliphatic carbocycles. The molecule has 1 aromatic heterocycles. The second kappa shape index (κ2) is 5.75. The number of ketones is 1. The van der Waals surface area contributed by atoms with E-state index in [2.05, 4.69) is 17.1 Å². The molecule has 0 saturated carbocycles. The maximum atomic E-state index is 11.0. The fourth-order valence-corrected chi connectivity index (χ4v) is 2.25. The number of Topliss-reactive ketones (excluding diaryl/α,β-unsaturated/α-hetero) is 1. The third-order valence-corrected chi connectivity index (χ3v) is 2.91. The molecule has 0 bridgehead atoms. The molecule has 4 heteroatoms. The minimum absolute atomic E-state index is 0.159. The molecule has 14 heavy (non-hydrogen) atoms. The summed E-state index contributed by atoms with van der Waals surface area (Å²) >= 11 is 1.73. The number of nitrogens with zero attached hydrogens (tertiary/aromatic N) is 2. The average molecular weight is 210 g/mol. The Hall–Kier alpha value is -0.900. The molecule has 1 unspecified atom stereocenters. The first kappa shape index (κ1) is 11.2. The van der Waals surface area contributed by atoms with Gasteiger partial charge >= 0.3 is 0 Å². The van der Waals surface area contributed by atoms with Crippen LogP contribution in [-0.2, 0) is 4.79 Å². The Kier molecular flexibility index (Phi) is 4.59. The Bertz CT molecular complexity index is 289. The zero-order valence-electron chi connectivity index (χ0n) is 8.43. The van der Waals surface area contributed by atoms with E-state index in [4.69, 9.17) is 0 Å². The van der Waals surface area contributed by atoms with Crippen LogP contribution in [0.4, 0.5) is 0 Å². The molecular formula is C10H14N2OS. The van der Waals surface area contributed by atoms with E-state index in [1.54, 1.807) is 24.9 Å². The molecule has 0 saturated heterocycles. The predicted octanol–water partition coefficient (Wildman–Crippen LogP) is 2.25. The molecule has 3 nitrogen and oxygen atoms in total. The van der Waals surface area contributed by atoms with Crippen LogP contribution in [0.3, 0.4) is 0 Å². The minimum Gasteiger partial charge on any atom is -0.300 e. The first-order valence-corrected chi connectivity index (χ1v) is 5.67. The fourth-order valence-electron chi connectivity index (χ4n) is 1.20. The summed E-state index contributed by atoms with van der Waals surface area (Å²) in [5.74, 6) is 1.18. The number of rotatable bonds is 5. The summed E-state index contributed by atoms with van der Waals surface area (Å²) in [5, 5.41) is 8.01. The van der Waals surface area contributed by atoms with Gasteiger partial charge in [-0.1, -0.05) is 6.92 Å². The van der Waals surface area contributed by atoms with E-state index in [9.17, 15) is 4.79 Å². The lowest BCUT2D eigenvalue weighted by Gasteiger charge is -2.12. The highest BCUT2D eigenvalue weighted by atomic mass is 32.2. The van der Waals surface area contributed by atoms with Crippen LogP contribution in [0.2, 0.25) is 0 Å². The average Bonchev–Trinajstić information content (AvgIpc) is 2.18. The molecule has 0 aliphatic rings. The smallest absolute Gasteiger partial charge is 0.131 e. The molecule has 0 N–H and O–H groups in total. The normalized spacial score (nSPS) is 12.4. The van der Waals surface area contributed by atoms with Gasteiger partial charge in [-0.05, 0) is 24.8 Å². The molecule has 0 fully saturated rings. The summed E-state index contributed by atoms with van der Waals surface area (Å²) in [6.45, 7) is 3.69. The first-order chi connectivity index (χ1) is 6.74. The van der Waals surface area contributed by atoms with Crippen LogP contribution >= 0.6 is 11.8 Å². The summed E-state index contributed by atoms with van der Waals surface area (Å²) in [6, 6.07) is 3.77. The van der Waals surface area contributed by atoms with Gasteiger partial charge in [0, 0.05) is 12.6 Å². The maximum absolute atomic E-state index is 11.0. The lowest BCUT2D eigenvalue weighted by molar-refractivity contribution is -0.117. The van der Waals surface area contributed by atoms with Crippen molar-refractivity contribution < 1.29 is 4.79 Å². The maximum Gasteiger partial charge on any atom is 0.131 e. The number of hydrogen-bond acceptors (Lipinski definition) is 4. The van der Waals surface area contributed by atoms with Crippen molar-refractivity contribution in [2.45, 2.75) is 25.5 Å². The monoisotopic (exact) mass is 210 g/mol. The van der Waals surface area contributed by atoms with Gasteiger partial charge in [0.2, 0.25) is 0 Å². The Labute approximate surface area is 88.3 Å². The van der Waals surface area contributed by atoms with Crippen LogP contribution in [0, 0.1) is 0 Å². The van der Waals surface area contributed by atoms with Gasteiger partial charge in [0.05, 0.1) is 10.9 Å². The molecule has 1 rings (SSSR count). The number of carbonyl (C=O) groups excluding carboxylic acids is 1. The van der Waals surface area contributed by atoms with Gasteiger partial charge in [0.25, 0.3) is 0 Å². The van der Waals surface area contributed by atoms with E-state index in [1.807, 2.05) is 12.1 Å². The lowest BCUT2D eigenvalue weighted by Crippen LogP contribution is -2.04. The SMILES string of the molecule is CCSC(CC(C)=O)c1cccnn1. The minimum atomic E-state index is 0.159. The van der Waals surface area contributed by atoms with Crippen molar-refractivity contribution in [3.8, 4) is 0 Å². The summed E-state index contributed by atoms with van der Waals surface area (Å²) in [4.78, 5) is 11.0. The van der Waals surface area contributed by atoms with Crippen molar-refractivity contribution in [3.05, 3.63) is 24.0 Å². The van der Waals surface area contributed by atoms with Crippen LogP contribution in [0.5, 0.6) is 0 Å². The van der Waals surface area contributed by atoms with E-state index in [0.29, 0.717) is 6.42 Å². The van der Waals surface area contributed by atoms with Crippen LogP contribution in [0.1, 0.15) is 31.2 Å². The van der Waals surface area contributed by atoms with Crippen LogP contribution in [0.25, 0.3) is 0 Å². The van der Waals surface area contributed by atoms with Crippen molar-refractivity contribution in [1.29, 1.82) is 0 Å². The van der Waals surface area contributed by atoms with Crippen LogP contribution in [-0.4, -0.2) is 21.7 Å². The number of aromatic nitrogens is 2. The van der Waals surface area contributed by atoms with Crippen LogP contribution < -0.4 is 0 Å². The zero-order chi connectivity index (χ0) is 10.4. The molecule has 1 atom stereocenters. The molecule has 0 radical (unpaired) electrons. The molecule has 0 aliphatic heterocycles. The second-order valence-electron chi connectivity index (χ2n) is 3.00. The van der Waals surface area contributed by atoms with Gasteiger partial charge in [0.1, 0.15) is 5.78 Å². The van der Waals surface area contributed by atoms with E-state index in [0.717, 1.165) is 11.4 Å². The van der Waals surface area contributed by atoms with Gasteiger partial charge in [-0.15, -0.1) is 0 Å². The standard InChI is InChI=1S/C10H14N2OS/c1-3-14-10(7-8(2)13)9-5-4-6-11-12-9/h4-6,10H,3,7H2,1-2H3. The van der Waals surface area contributed by atoms with Crippen molar-refractivity contribution >= 4 is 17.5 Å². The summed E-state index contributed by atoms with van der Waals surface area (Å²) < 4.78 is 0. The van der Waals surface area contributed by atoms with Crippen molar-refractivity contribution in [2.75, 3.05) is 5.75 Å². The molecule has 1 aromatic rings. The Morgan fingerprint density at radius 3 is 2.93 bits per heavy atom. The van der Waals surface area contributed by atoms with Crippen LogP contribution in [0.15, 0.2) is 18.3 Å². The molecule has 0 aromatic carbocycles. The van der Waals surface area contributed by atoms with E-state index in [-0.39, 0.29) is 11.0 Å². The third kappa shape index (κ3) is 3.46. The van der Waals surface area contributed by atoms with Gasteiger partial charge in [-0.3, -0.25) is 4.79 Å².